The van der Waals surface area contributed by atoms with Crippen LogP contribution in [0.2, 0.25) is 0 Å². The number of nitriles is 1. The van der Waals surface area contributed by atoms with Crippen molar-refractivity contribution in [2.45, 2.75) is 19.5 Å². The van der Waals surface area contributed by atoms with Crippen LogP contribution in [0.3, 0.4) is 0 Å². The largest absolute Gasteiger partial charge is 0.416 e. The minimum absolute atomic E-state index is 0.0354. The van der Waals surface area contributed by atoms with Crippen LogP contribution in [0.25, 0.3) is 10.9 Å². The van der Waals surface area contributed by atoms with E-state index in [4.69, 9.17) is 0 Å². The summed E-state index contributed by atoms with van der Waals surface area (Å²) in [7, 11) is 0. The van der Waals surface area contributed by atoms with E-state index in [-0.39, 0.29) is 17.4 Å². The topological polar surface area (TPSA) is 57.0 Å². The first-order chi connectivity index (χ1) is 11.8. The number of alkyl halides is 3. The predicted octanol–water partition coefficient (Wildman–Crippen LogP) is 3.79. The third-order valence-electron chi connectivity index (χ3n) is 4.75. The molecule has 0 amide bonds. The van der Waals surface area contributed by atoms with Gasteiger partial charge in [-0.3, -0.25) is 4.98 Å². The first-order valence-electron chi connectivity index (χ1n) is 7.95. The maximum absolute atomic E-state index is 12.9. The number of anilines is 1. The number of hydrogen-bond donors (Lipinski definition) is 0. The van der Waals surface area contributed by atoms with Gasteiger partial charge in [-0.15, -0.1) is 0 Å². The minimum atomic E-state index is -4.44. The summed E-state index contributed by atoms with van der Waals surface area (Å²) in [6, 6.07) is 5.46. The average molecular weight is 347 g/mol. The number of piperidine rings is 1. The van der Waals surface area contributed by atoms with Gasteiger partial charge in [0.05, 0.1) is 22.3 Å². The average Bonchev–Trinajstić information content (AvgIpc) is 2.59. The molecule has 7 heteroatoms. The second-order valence-electron chi connectivity index (χ2n) is 6.37. The summed E-state index contributed by atoms with van der Waals surface area (Å²) < 4.78 is 38.8. The fraction of sp³-hybridized carbons (Fsp3) is 0.389. The lowest BCUT2D eigenvalue weighted by molar-refractivity contribution is -0.137. The number of carbonyl (C=O) groups is 1. The van der Waals surface area contributed by atoms with Crippen LogP contribution in [-0.2, 0) is 11.0 Å². The Bertz CT molecular complexity index is 857. The molecule has 0 spiro atoms. The lowest BCUT2D eigenvalue weighted by atomic mass is 9.87. The molecule has 0 aliphatic carbocycles. The molecule has 1 aliphatic heterocycles. The second kappa shape index (κ2) is 6.36. The van der Waals surface area contributed by atoms with Gasteiger partial charge in [0.1, 0.15) is 12.4 Å². The van der Waals surface area contributed by atoms with E-state index >= 15 is 0 Å². The number of aromatic nitrogens is 1. The molecule has 2 unspecified atom stereocenters. The van der Waals surface area contributed by atoms with E-state index in [1.165, 1.54) is 12.3 Å². The smallest absolute Gasteiger partial charge is 0.370 e. The van der Waals surface area contributed by atoms with Crippen molar-refractivity contribution in [3.05, 3.63) is 35.5 Å². The van der Waals surface area contributed by atoms with E-state index in [2.05, 4.69) is 11.1 Å². The van der Waals surface area contributed by atoms with Crippen LogP contribution in [-0.4, -0.2) is 24.4 Å². The normalized spacial score (nSPS) is 21.2. The lowest BCUT2D eigenvalue weighted by Gasteiger charge is -2.37. The van der Waals surface area contributed by atoms with E-state index in [1.807, 2.05) is 11.8 Å². The van der Waals surface area contributed by atoms with Gasteiger partial charge in [-0.1, -0.05) is 13.0 Å². The van der Waals surface area contributed by atoms with E-state index < -0.39 is 11.7 Å². The first kappa shape index (κ1) is 17.2. The van der Waals surface area contributed by atoms with Crippen molar-refractivity contribution in [2.24, 2.45) is 11.8 Å². The number of nitrogens with zero attached hydrogens (tertiary/aromatic N) is 3. The number of pyridine rings is 1. The molecule has 1 aromatic heterocycles. The Morgan fingerprint density at radius 3 is 2.76 bits per heavy atom. The fourth-order valence-corrected chi connectivity index (χ4v) is 3.35. The molecule has 1 aliphatic rings. The molecule has 0 radical (unpaired) electrons. The summed E-state index contributed by atoms with van der Waals surface area (Å²) in [6.07, 6.45) is -1.53. The Morgan fingerprint density at radius 1 is 1.40 bits per heavy atom. The van der Waals surface area contributed by atoms with E-state index in [0.29, 0.717) is 36.1 Å². The molecule has 0 bridgehead atoms. The zero-order chi connectivity index (χ0) is 18.2. The molecule has 0 saturated carbocycles. The van der Waals surface area contributed by atoms with Gasteiger partial charge in [0.25, 0.3) is 0 Å². The molecule has 3 rings (SSSR count). The van der Waals surface area contributed by atoms with Gasteiger partial charge in [-0.2, -0.15) is 18.4 Å². The van der Waals surface area contributed by atoms with Gasteiger partial charge in [-0.05, 0) is 24.5 Å². The van der Waals surface area contributed by atoms with Gasteiger partial charge in [-0.25, -0.2) is 0 Å². The monoisotopic (exact) mass is 347 g/mol. The number of hydrogen-bond acceptors (Lipinski definition) is 4. The Balaban J connectivity index is 2.10. The summed E-state index contributed by atoms with van der Waals surface area (Å²) in [4.78, 5) is 17.1. The Kier molecular flexibility index (Phi) is 4.38. The number of carbonyl (C=O) groups excluding carboxylic acids is 1. The summed E-state index contributed by atoms with van der Waals surface area (Å²) in [5.74, 6) is 0.0715. The summed E-state index contributed by atoms with van der Waals surface area (Å²) in [5, 5.41) is 9.92. The summed E-state index contributed by atoms with van der Waals surface area (Å²) in [5.41, 5.74) is 0.353. The van der Waals surface area contributed by atoms with Gasteiger partial charge < -0.3 is 9.69 Å². The number of aldehydes is 1. The van der Waals surface area contributed by atoms with Crippen molar-refractivity contribution < 1.29 is 18.0 Å². The molecule has 1 fully saturated rings. The highest BCUT2D eigenvalue weighted by Crippen LogP contribution is 2.36. The maximum atomic E-state index is 12.9. The molecule has 2 atom stereocenters. The van der Waals surface area contributed by atoms with Crippen molar-refractivity contribution in [1.29, 1.82) is 5.26 Å². The molecular formula is C18H16F3N3O. The van der Waals surface area contributed by atoms with Crippen LogP contribution >= 0.6 is 0 Å². The standard InChI is InChI=1S/C18H16F3N3O/c1-11-9-24(5-4-12(11)10-25)17-13(7-22)8-23-16-6-14(18(19,20)21)2-3-15(16)17/h2-3,6,8,10-12H,4-5,9H2,1H3. The summed E-state index contributed by atoms with van der Waals surface area (Å²) >= 11 is 0. The van der Waals surface area contributed by atoms with Gasteiger partial charge in [0, 0.05) is 30.6 Å². The van der Waals surface area contributed by atoms with Gasteiger partial charge in [0.15, 0.2) is 0 Å². The first-order valence-corrected chi connectivity index (χ1v) is 7.95. The van der Waals surface area contributed by atoms with Crippen molar-refractivity contribution in [1.82, 2.24) is 4.98 Å². The van der Waals surface area contributed by atoms with Crippen molar-refractivity contribution in [3.63, 3.8) is 0 Å². The van der Waals surface area contributed by atoms with Crippen molar-refractivity contribution >= 4 is 22.9 Å². The predicted molar refractivity (Wildman–Crippen MR) is 87.0 cm³/mol. The molecule has 4 nitrogen and oxygen atoms in total. The molecule has 1 saturated heterocycles. The van der Waals surface area contributed by atoms with Crippen LogP contribution in [0.15, 0.2) is 24.4 Å². The van der Waals surface area contributed by atoms with E-state index in [1.54, 1.807) is 0 Å². The van der Waals surface area contributed by atoms with Crippen LogP contribution in [0, 0.1) is 23.2 Å². The fourth-order valence-electron chi connectivity index (χ4n) is 3.35. The number of fused-ring (bicyclic) bond motifs is 1. The molecule has 2 heterocycles. The lowest BCUT2D eigenvalue weighted by Crippen LogP contribution is -2.40. The molecule has 1 aromatic carbocycles. The number of benzene rings is 1. The molecule has 25 heavy (non-hydrogen) atoms. The summed E-state index contributed by atoms with van der Waals surface area (Å²) in [6.45, 7) is 3.10. The number of rotatable bonds is 2. The molecule has 130 valence electrons. The highest BCUT2D eigenvalue weighted by Gasteiger charge is 2.32. The van der Waals surface area contributed by atoms with Crippen LogP contribution in [0.1, 0.15) is 24.5 Å². The quantitative estimate of drug-likeness (QED) is 0.776. The van der Waals surface area contributed by atoms with E-state index in [9.17, 15) is 23.2 Å². The minimum Gasteiger partial charge on any atom is -0.370 e. The van der Waals surface area contributed by atoms with Crippen LogP contribution in [0.5, 0.6) is 0 Å². The zero-order valence-corrected chi connectivity index (χ0v) is 13.5. The Morgan fingerprint density at radius 2 is 2.16 bits per heavy atom. The van der Waals surface area contributed by atoms with E-state index in [0.717, 1.165) is 18.4 Å². The highest BCUT2D eigenvalue weighted by molar-refractivity contribution is 5.95. The zero-order valence-electron chi connectivity index (χ0n) is 13.5. The third-order valence-corrected chi connectivity index (χ3v) is 4.75. The van der Waals surface area contributed by atoms with Crippen LogP contribution in [0.4, 0.5) is 18.9 Å². The van der Waals surface area contributed by atoms with Crippen molar-refractivity contribution in [2.75, 3.05) is 18.0 Å². The second-order valence-corrected chi connectivity index (χ2v) is 6.37. The Hall–Kier alpha value is -2.62. The van der Waals surface area contributed by atoms with Gasteiger partial charge in [0.2, 0.25) is 0 Å². The van der Waals surface area contributed by atoms with Crippen molar-refractivity contribution in [3.8, 4) is 6.07 Å². The SMILES string of the molecule is CC1CN(c2c(C#N)cnc3cc(C(F)(F)F)ccc23)CCC1C=O. The number of halogens is 3. The van der Waals surface area contributed by atoms with Crippen LogP contribution < -0.4 is 4.90 Å². The van der Waals surface area contributed by atoms with Gasteiger partial charge >= 0.3 is 6.18 Å². The molecular weight excluding hydrogens is 331 g/mol. The Labute approximate surface area is 142 Å². The third kappa shape index (κ3) is 3.16. The molecule has 2 aromatic rings. The highest BCUT2D eigenvalue weighted by atomic mass is 19.4. The maximum Gasteiger partial charge on any atom is 0.416 e. The molecule has 0 N–H and O–H groups in total.